The van der Waals surface area contributed by atoms with Gasteiger partial charge in [-0.15, -0.1) is 22.0 Å². The highest BCUT2D eigenvalue weighted by atomic mass is 35.5. The number of hydrogen-bond acceptors (Lipinski definition) is 7. The van der Waals surface area contributed by atoms with E-state index >= 15 is 0 Å². The molecule has 3 aromatic rings. The Balaban J connectivity index is 1.75. The van der Waals surface area contributed by atoms with Gasteiger partial charge in [0.05, 0.1) is 10.9 Å². The van der Waals surface area contributed by atoms with Crippen LogP contribution in [0.2, 0.25) is 5.15 Å². The molecule has 6 nitrogen and oxygen atoms in total. The first-order chi connectivity index (χ1) is 13.6. The summed E-state index contributed by atoms with van der Waals surface area (Å²) < 4.78 is 0. The van der Waals surface area contributed by atoms with E-state index in [1.54, 1.807) is 18.5 Å². The molecule has 0 spiro atoms. The highest BCUT2D eigenvalue weighted by Crippen LogP contribution is 2.34. The molecule has 0 fully saturated rings. The number of benzene rings is 1. The minimum Gasteiger partial charge on any atom is -0.300 e. The van der Waals surface area contributed by atoms with Gasteiger partial charge >= 0.3 is 0 Å². The van der Waals surface area contributed by atoms with Crippen LogP contribution in [0.4, 0.5) is 10.8 Å². The van der Waals surface area contributed by atoms with Gasteiger partial charge in [-0.25, -0.2) is 4.98 Å². The van der Waals surface area contributed by atoms with Crippen LogP contribution in [0.15, 0.2) is 52.5 Å². The number of hydrogen-bond donors (Lipinski definition) is 1. The molecule has 3 rings (SSSR count). The smallest absolute Gasteiger partial charge is 0.239 e. The first kappa shape index (κ1) is 20.4. The Hall–Kier alpha value is -2.29. The number of aromatic nitrogens is 3. The standard InChI is InChI=1S/C19H18ClN5OS2/c1-3-15(18(26)23-19-25-24-12(2)27-19)28-16-9-5-4-8-14(16)22-11-13-7-6-10-21-17(13)20/h4-11,15H,3H2,1-2H3,(H,23,25,26)/t15-/m1/s1. The largest absolute Gasteiger partial charge is 0.300 e. The molecule has 9 heteroatoms. The van der Waals surface area contributed by atoms with Gasteiger partial charge in [-0.2, -0.15) is 0 Å². The lowest BCUT2D eigenvalue weighted by atomic mass is 10.3. The predicted molar refractivity (Wildman–Crippen MR) is 116 cm³/mol. The number of amides is 1. The van der Waals surface area contributed by atoms with E-state index in [9.17, 15) is 4.79 Å². The van der Waals surface area contributed by atoms with Crippen molar-refractivity contribution >= 4 is 57.6 Å². The van der Waals surface area contributed by atoms with Crippen molar-refractivity contribution in [3.63, 3.8) is 0 Å². The van der Waals surface area contributed by atoms with E-state index in [1.165, 1.54) is 23.1 Å². The number of aliphatic imine (C=N–C) groups is 1. The molecule has 0 unspecified atom stereocenters. The maximum Gasteiger partial charge on any atom is 0.239 e. The van der Waals surface area contributed by atoms with Gasteiger partial charge < -0.3 is 0 Å². The Bertz CT molecular complexity index is 992. The number of thioether (sulfide) groups is 1. The van der Waals surface area contributed by atoms with E-state index in [0.717, 1.165) is 21.2 Å². The van der Waals surface area contributed by atoms with Crippen LogP contribution in [-0.4, -0.2) is 32.6 Å². The van der Waals surface area contributed by atoms with Crippen molar-refractivity contribution in [2.45, 2.75) is 30.4 Å². The summed E-state index contributed by atoms with van der Waals surface area (Å²) in [7, 11) is 0. The summed E-state index contributed by atoms with van der Waals surface area (Å²) in [6.45, 7) is 3.83. The average molecular weight is 432 g/mol. The highest BCUT2D eigenvalue weighted by Gasteiger charge is 2.20. The van der Waals surface area contributed by atoms with Gasteiger partial charge in [-0.3, -0.25) is 15.1 Å². The van der Waals surface area contributed by atoms with Crippen molar-refractivity contribution in [1.29, 1.82) is 0 Å². The molecular weight excluding hydrogens is 414 g/mol. The average Bonchev–Trinajstić information content (AvgIpc) is 3.10. The fraction of sp³-hybridized carbons (Fsp3) is 0.211. The maximum absolute atomic E-state index is 12.6. The van der Waals surface area contributed by atoms with E-state index in [1.807, 2.05) is 44.2 Å². The van der Waals surface area contributed by atoms with Crippen molar-refractivity contribution in [3.8, 4) is 0 Å². The fourth-order valence-electron chi connectivity index (χ4n) is 2.31. The summed E-state index contributed by atoms with van der Waals surface area (Å²) in [4.78, 5) is 22.1. The predicted octanol–water partition coefficient (Wildman–Crippen LogP) is 5.15. The molecule has 28 heavy (non-hydrogen) atoms. The number of carbonyl (C=O) groups excluding carboxylic acids is 1. The van der Waals surface area contributed by atoms with Gasteiger partial charge in [0, 0.05) is 22.9 Å². The zero-order valence-corrected chi connectivity index (χ0v) is 17.7. The summed E-state index contributed by atoms with van der Waals surface area (Å²) in [6, 6.07) is 11.3. The van der Waals surface area contributed by atoms with Gasteiger partial charge in [-0.05, 0) is 37.6 Å². The molecule has 1 aromatic carbocycles. The third kappa shape index (κ3) is 5.37. The molecule has 144 valence electrons. The van der Waals surface area contributed by atoms with Gasteiger partial charge in [-0.1, -0.05) is 42.0 Å². The molecule has 2 heterocycles. The first-order valence-electron chi connectivity index (χ1n) is 8.58. The van der Waals surface area contributed by atoms with E-state index in [0.29, 0.717) is 16.7 Å². The summed E-state index contributed by atoms with van der Waals surface area (Å²) in [5.74, 6) is -0.0993. The topological polar surface area (TPSA) is 80.1 Å². The lowest BCUT2D eigenvalue weighted by molar-refractivity contribution is -0.115. The molecule has 0 aliphatic rings. The Labute approximate surface area is 176 Å². The van der Waals surface area contributed by atoms with Crippen LogP contribution in [0.25, 0.3) is 0 Å². The van der Waals surface area contributed by atoms with E-state index < -0.39 is 0 Å². The third-order valence-electron chi connectivity index (χ3n) is 3.68. The Morgan fingerprint density at radius 3 is 2.86 bits per heavy atom. The molecule has 0 aliphatic carbocycles. The summed E-state index contributed by atoms with van der Waals surface area (Å²) >= 11 is 8.91. The summed E-state index contributed by atoms with van der Waals surface area (Å²) in [5, 5.41) is 12.2. The van der Waals surface area contributed by atoms with Gasteiger partial charge in [0.2, 0.25) is 11.0 Å². The van der Waals surface area contributed by atoms with Crippen molar-refractivity contribution in [3.05, 3.63) is 58.3 Å². The lowest BCUT2D eigenvalue weighted by Gasteiger charge is -2.14. The second-order valence-electron chi connectivity index (χ2n) is 5.74. The third-order valence-corrected chi connectivity index (χ3v) is 6.19. The number of para-hydroxylation sites is 1. The van der Waals surface area contributed by atoms with Crippen molar-refractivity contribution in [1.82, 2.24) is 15.2 Å². The van der Waals surface area contributed by atoms with Crippen molar-refractivity contribution in [2.24, 2.45) is 4.99 Å². The molecule has 1 amide bonds. The number of anilines is 1. The number of rotatable bonds is 7. The van der Waals surface area contributed by atoms with Gasteiger partial charge in [0.1, 0.15) is 10.2 Å². The molecule has 0 aliphatic heterocycles. The number of nitrogens with one attached hydrogen (secondary N) is 1. The van der Waals surface area contributed by atoms with Crippen LogP contribution < -0.4 is 5.32 Å². The monoisotopic (exact) mass is 431 g/mol. The van der Waals surface area contributed by atoms with Crippen LogP contribution in [0, 0.1) is 6.92 Å². The van der Waals surface area contributed by atoms with Crippen LogP contribution in [0.3, 0.4) is 0 Å². The second-order valence-corrected chi connectivity index (χ2v) is 8.52. The lowest BCUT2D eigenvalue weighted by Crippen LogP contribution is -2.24. The molecule has 1 N–H and O–H groups in total. The van der Waals surface area contributed by atoms with Gasteiger partial charge in [0.15, 0.2) is 0 Å². The fourth-order valence-corrected chi connectivity index (χ4v) is 4.11. The second kappa shape index (κ2) is 9.77. The van der Waals surface area contributed by atoms with Crippen LogP contribution in [0.1, 0.15) is 23.9 Å². The number of aryl methyl sites for hydroxylation is 1. The maximum atomic E-state index is 12.6. The zero-order valence-electron chi connectivity index (χ0n) is 15.3. The van der Waals surface area contributed by atoms with E-state index in [-0.39, 0.29) is 11.2 Å². The highest BCUT2D eigenvalue weighted by molar-refractivity contribution is 8.00. The summed E-state index contributed by atoms with van der Waals surface area (Å²) in [5.41, 5.74) is 1.51. The Kier molecular flexibility index (Phi) is 7.13. The molecule has 1 atom stereocenters. The summed E-state index contributed by atoms with van der Waals surface area (Å²) in [6.07, 6.45) is 3.98. The Morgan fingerprint density at radius 1 is 1.32 bits per heavy atom. The van der Waals surface area contributed by atoms with Crippen LogP contribution in [-0.2, 0) is 4.79 Å². The minimum absolute atomic E-state index is 0.0993. The normalized spacial score (nSPS) is 12.2. The minimum atomic E-state index is -0.275. The quantitative estimate of drug-likeness (QED) is 0.317. The van der Waals surface area contributed by atoms with Crippen molar-refractivity contribution in [2.75, 3.05) is 5.32 Å². The van der Waals surface area contributed by atoms with E-state index in [2.05, 4.69) is 25.5 Å². The number of carbonyl (C=O) groups is 1. The molecule has 0 saturated heterocycles. The zero-order chi connectivity index (χ0) is 19.9. The van der Waals surface area contributed by atoms with Crippen LogP contribution in [0.5, 0.6) is 0 Å². The molecule has 2 aromatic heterocycles. The SMILES string of the molecule is CC[C@@H](Sc1ccccc1N=Cc1cccnc1Cl)C(=O)Nc1nnc(C)s1. The van der Waals surface area contributed by atoms with E-state index in [4.69, 9.17) is 11.6 Å². The Morgan fingerprint density at radius 2 is 2.14 bits per heavy atom. The number of pyridine rings is 1. The molecule has 0 radical (unpaired) electrons. The number of halogens is 1. The molecule has 0 saturated carbocycles. The molecule has 0 bridgehead atoms. The van der Waals surface area contributed by atoms with Crippen LogP contribution >= 0.6 is 34.7 Å². The first-order valence-corrected chi connectivity index (χ1v) is 10.7. The number of nitrogens with zero attached hydrogens (tertiary/aromatic N) is 4. The van der Waals surface area contributed by atoms with Gasteiger partial charge in [0.25, 0.3) is 0 Å². The molecular formula is C19H18ClN5OS2. The van der Waals surface area contributed by atoms with Crippen molar-refractivity contribution < 1.29 is 4.79 Å².